The Morgan fingerprint density at radius 1 is 1.39 bits per heavy atom. The second-order valence-corrected chi connectivity index (χ2v) is 8.91. The van der Waals surface area contributed by atoms with Crippen LogP contribution in [0.4, 0.5) is 9.39 Å². The molecule has 1 unspecified atom stereocenters. The number of halogens is 2. The molecule has 1 aliphatic heterocycles. The van der Waals surface area contributed by atoms with Crippen LogP contribution >= 0.6 is 22.9 Å². The minimum Gasteiger partial charge on any atom is -0.390 e. The number of amidine groups is 1. The van der Waals surface area contributed by atoms with Crippen LogP contribution in [0.25, 0.3) is 0 Å². The first-order chi connectivity index (χ1) is 13.5. The Kier molecular flexibility index (Phi) is 7.32. The van der Waals surface area contributed by atoms with Crippen molar-refractivity contribution in [1.29, 1.82) is 0 Å². The number of piperidine rings is 1. The summed E-state index contributed by atoms with van der Waals surface area (Å²) < 4.78 is 14.2. The maximum atomic E-state index is 13.5. The number of nitrogens with zero attached hydrogens (tertiary/aromatic N) is 2. The van der Waals surface area contributed by atoms with E-state index < -0.39 is 6.17 Å². The quantitative estimate of drug-likeness (QED) is 0.426. The molecule has 1 atom stereocenters. The number of nitrogens with two attached hydrogens (primary N) is 1. The van der Waals surface area contributed by atoms with Crippen molar-refractivity contribution in [3.05, 3.63) is 51.4 Å². The largest absolute Gasteiger partial charge is 0.390 e. The lowest BCUT2D eigenvalue weighted by atomic mass is 10.0. The molecule has 7 heteroatoms. The van der Waals surface area contributed by atoms with Gasteiger partial charge < -0.3 is 11.1 Å². The second kappa shape index (κ2) is 9.72. The molecule has 1 aromatic rings. The third-order valence-corrected chi connectivity index (χ3v) is 6.67. The number of hydrogen-bond acceptors (Lipinski definition) is 4. The fourth-order valence-corrected chi connectivity index (χ4v) is 4.77. The highest BCUT2D eigenvalue weighted by atomic mass is 35.5. The lowest BCUT2D eigenvalue weighted by Gasteiger charge is -2.33. The minimum absolute atomic E-state index is 0.354. The predicted molar refractivity (Wildman–Crippen MR) is 119 cm³/mol. The molecule has 1 aliphatic carbocycles. The van der Waals surface area contributed by atoms with Crippen LogP contribution in [0.15, 0.2) is 40.9 Å². The van der Waals surface area contributed by atoms with Crippen LogP contribution in [0.3, 0.4) is 0 Å². The Labute approximate surface area is 175 Å². The summed E-state index contributed by atoms with van der Waals surface area (Å²) in [7, 11) is 1.78. The first-order valence-corrected chi connectivity index (χ1v) is 10.9. The maximum Gasteiger partial charge on any atom is 0.137 e. The van der Waals surface area contributed by atoms with E-state index in [1.165, 1.54) is 16.9 Å². The summed E-state index contributed by atoms with van der Waals surface area (Å²) in [5, 5.41) is 4.27. The van der Waals surface area contributed by atoms with E-state index in [4.69, 9.17) is 17.3 Å². The second-order valence-electron chi connectivity index (χ2n) is 7.25. The van der Waals surface area contributed by atoms with Gasteiger partial charge in [0.25, 0.3) is 0 Å². The summed E-state index contributed by atoms with van der Waals surface area (Å²) in [6.45, 7) is 4.83. The van der Waals surface area contributed by atoms with E-state index in [2.05, 4.69) is 21.3 Å². The van der Waals surface area contributed by atoms with Crippen molar-refractivity contribution in [3.63, 3.8) is 0 Å². The third-order valence-electron chi connectivity index (χ3n) is 5.24. The molecular formula is C21H28ClFN4S. The van der Waals surface area contributed by atoms with Gasteiger partial charge in [-0.25, -0.2) is 4.39 Å². The molecule has 0 amide bonds. The minimum atomic E-state index is -0.980. The lowest BCUT2D eigenvalue weighted by molar-refractivity contribution is 0.222. The number of allylic oxidation sites excluding steroid dienone is 4. The van der Waals surface area contributed by atoms with Gasteiger partial charge in [0.2, 0.25) is 0 Å². The molecule has 0 saturated carbocycles. The Morgan fingerprint density at radius 3 is 2.79 bits per heavy atom. The van der Waals surface area contributed by atoms with Crippen molar-refractivity contribution in [2.75, 3.05) is 32.4 Å². The third kappa shape index (κ3) is 5.25. The van der Waals surface area contributed by atoms with Crippen LogP contribution in [0.1, 0.15) is 30.4 Å². The summed E-state index contributed by atoms with van der Waals surface area (Å²) in [5.74, 6) is 0.822. The van der Waals surface area contributed by atoms with Gasteiger partial charge >= 0.3 is 0 Å². The molecular weight excluding hydrogens is 395 g/mol. The van der Waals surface area contributed by atoms with Crippen molar-refractivity contribution in [2.24, 2.45) is 4.99 Å². The van der Waals surface area contributed by atoms with E-state index in [9.17, 15) is 4.39 Å². The monoisotopic (exact) mass is 422 g/mol. The smallest absolute Gasteiger partial charge is 0.137 e. The number of rotatable bonds is 4. The number of thiophene rings is 1. The van der Waals surface area contributed by atoms with Gasteiger partial charge in [-0.1, -0.05) is 35.9 Å². The first-order valence-electron chi connectivity index (χ1n) is 9.66. The molecule has 28 heavy (non-hydrogen) atoms. The molecule has 4 nitrogen and oxygen atoms in total. The van der Waals surface area contributed by atoms with Gasteiger partial charge in [0.05, 0.1) is 14.9 Å². The molecule has 1 saturated heterocycles. The van der Waals surface area contributed by atoms with Crippen LogP contribution in [-0.2, 0) is 0 Å². The van der Waals surface area contributed by atoms with Crippen molar-refractivity contribution < 1.29 is 4.39 Å². The van der Waals surface area contributed by atoms with Crippen LogP contribution in [0.5, 0.6) is 0 Å². The number of hydrogen-bond donors (Lipinski definition) is 2. The SMILES string of the molecule is CN=C(NC1CCN(C/C2=C/C/C=C\C(F)C=C2)CC1)c1c(N)sc(Cl)c1C. The maximum absolute atomic E-state index is 13.5. The van der Waals surface area contributed by atoms with Gasteiger partial charge in [-0.05, 0) is 43.4 Å². The Balaban J connectivity index is 1.55. The standard InChI is InChI=1S/C21H28ClFN4S/c1-14-18(20(24)28-19(14)22)21(25-2)26-17-9-11-27(12-10-17)13-15-5-3-4-6-16(23)8-7-15/h4-8,16-17H,3,9-13,24H2,1-2H3,(H,25,26)/b6-4-,8-7?,15-5+. The zero-order chi connectivity index (χ0) is 20.1. The van der Waals surface area contributed by atoms with E-state index in [1.807, 2.05) is 19.1 Å². The van der Waals surface area contributed by atoms with E-state index >= 15 is 0 Å². The van der Waals surface area contributed by atoms with Crippen LogP contribution in [-0.4, -0.2) is 49.6 Å². The van der Waals surface area contributed by atoms with Gasteiger partial charge in [0, 0.05) is 32.7 Å². The predicted octanol–water partition coefficient (Wildman–Crippen LogP) is 4.50. The van der Waals surface area contributed by atoms with Gasteiger partial charge in [-0.3, -0.25) is 9.89 Å². The number of nitrogen functional groups attached to an aromatic ring is 1. The molecule has 1 aromatic heterocycles. The average Bonchev–Trinajstić information content (AvgIpc) is 2.92. The van der Waals surface area contributed by atoms with E-state index in [1.54, 1.807) is 19.2 Å². The number of nitrogens with one attached hydrogen (secondary N) is 1. The van der Waals surface area contributed by atoms with E-state index in [0.717, 1.165) is 60.2 Å². The Bertz CT molecular complexity index is 804. The number of anilines is 1. The summed E-state index contributed by atoms with van der Waals surface area (Å²) >= 11 is 7.63. The van der Waals surface area contributed by atoms with Crippen molar-refractivity contribution in [2.45, 2.75) is 38.4 Å². The number of aliphatic imine (C=N–C) groups is 1. The highest BCUT2D eigenvalue weighted by molar-refractivity contribution is 7.20. The lowest BCUT2D eigenvalue weighted by Crippen LogP contribution is -2.45. The molecule has 3 rings (SSSR count). The molecule has 0 aromatic carbocycles. The zero-order valence-electron chi connectivity index (χ0n) is 16.4. The molecule has 3 N–H and O–H groups in total. The summed E-state index contributed by atoms with van der Waals surface area (Å²) in [6, 6.07) is 0.354. The molecule has 0 spiro atoms. The normalized spacial score (nSPS) is 25.1. The molecule has 2 aliphatic rings. The number of alkyl halides is 1. The van der Waals surface area contributed by atoms with Crippen LogP contribution in [0.2, 0.25) is 4.34 Å². The van der Waals surface area contributed by atoms with Gasteiger partial charge in [-0.2, -0.15) is 0 Å². The van der Waals surface area contributed by atoms with Crippen LogP contribution in [0, 0.1) is 6.92 Å². The highest BCUT2D eigenvalue weighted by Gasteiger charge is 2.23. The summed E-state index contributed by atoms with van der Waals surface area (Å²) in [6.07, 6.45) is 11.1. The van der Waals surface area contributed by atoms with Crippen LogP contribution < -0.4 is 11.1 Å². The molecule has 0 radical (unpaired) electrons. The highest BCUT2D eigenvalue weighted by Crippen LogP contribution is 2.34. The fraction of sp³-hybridized carbons (Fsp3) is 0.476. The van der Waals surface area contributed by atoms with Crippen molar-refractivity contribution >= 4 is 33.8 Å². The van der Waals surface area contributed by atoms with Gasteiger partial charge in [-0.15, -0.1) is 11.3 Å². The molecule has 2 heterocycles. The van der Waals surface area contributed by atoms with Crippen molar-refractivity contribution in [3.8, 4) is 0 Å². The fourth-order valence-electron chi connectivity index (χ4n) is 3.63. The van der Waals surface area contributed by atoms with E-state index in [0.29, 0.717) is 11.0 Å². The van der Waals surface area contributed by atoms with Gasteiger partial charge in [0.1, 0.15) is 12.0 Å². The zero-order valence-corrected chi connectivity index (χ0v) is 18.0. The molecule has 1 fully saturated rings. The number of likely N-dealkylation sites (tertiary alicyclic amines) is 1. The van der Waals surface area contributed by atoms with Gasteiger partial charge in [0.15, 0.2) is 0 Å². The average molecular weight is 423 g/mol. The Hall–Kier alpha value is -1.63. The topological polar surface area (TPSA) is 53.7 Å². The summed E-state index contributed by atoms with van der Waals surface area (Å²) in [4.78, 5) is 6.85. The Morgan fingerprint density at radius 2 is 2.14 bits per heavy atom. The van der Waals surface area contributed by atoms with Crippen molar-refractivity contribution in [1.82, 2.24) is 10.2 Å². The summed E-state index contributed by atoms with van der Waals surface area (Å²) in [5.41, 5.74) is 9.24. The van der Waals surface area contributed by atoms with E-state index in [-0.39, 0.29) is 0 Å². The molecule has 0 bridgehead atoms. The first kappa shape index (κ1) is 21.1. The molecule has 152 valence electrons.